The van der Waals surface area contributed by atoms with E-state index in [1.54, 1.807) is 6.08 Å². The zero-order valence-corrected chi connectivity index (χ0v) is 8.23. The number of hydrogen-bond donors (Lipinski definition) is 0. The van der Waals surface area contributed by atoms with Gasteiger partial charge in [0.05, 0.1) is 5.71 Å². The molecule has 1 aromatic carbocycles. The van der Waals surface area contributed by atoms with E-state index < -0.39 is 0 Å². The maximum absolute atomic E-state index is 5.17. The van der Waals surface area contributed by atoms with Crippen LogP contribution in [0.4, 0.5) is 0 Å². The van der Waals surface area contributed by atoms with Crippen LogP contribution in [0.5, 0.6) is 0 Å². The molecule has 1 atom stereocenters. The molecule has 0 saturated carbocycles. The second-order valence-electron chi connectivity index (χ2n) is 3.49. The number of rotatable bonds is 2. The van der Waals surface area contributed by atoms with Crippen molar-refractivity contribution in [2.45, 2.75) is 19.4 Å². The van der Waals surface area contributed by atoms with Gasteiger partial charge in [-0.3, -0.25) is 0 Å². The molecule has 0 aromatic heterocycles. The first-order valence-electron chi connectivity index (χ1n) is 4.72. The zero-order chi connectivity index (χ0) is 9.97. The number of nitrogens with zero attached hydrogens (tertiary/aromatic N) is 1. The van der Waals surface area contributed by atoms with E-state index in [4.69, 9.17) is 4.84 Å². The van der Waals surface area contributed by atoms with Gasteiger partial charge in [-0.05, 0) is 18.6 Å². The molecule has 0 unspecified atom stereocenters. The molecule has 1 heterocycles. The molecule has 0 amide bonds. The molecule has 0 fully saturated rings. The van der Waals surface area contributed by atoms with Gasteiger partial charge in [-0.2, -0.15) is 0 Å². The van der Waals surface area contributed by atoms with Gasteiger partial charge in [0.15, 0.2) is 6.10 Å². The van der Waals surface area contributed by atoms with Crippen molar-refractivity contribution >= 4 is 5.71 Å². The fourth-order valence-corrected chi connectivity index (χ4v) is 1.44. The molecule has 0 bridgehead atoms. The summed E-state index contributed by atoms with van der Waals surface area (Å²) in [5.74, 6) is 0. The van der Waals surface area contributed by atoms with E-state index in [2.05, 4.69) is 42.9 Å². The summed E-state index contributed by atoms with van der Waals surface area (Å²) in [5, 5.41) is 4.03. The highest BCUT2D eigenvalue weighted by Gasteiger charge is 2.18. The molecule has 72 valence electrons. The van der Waals surface area contributed by atoms with Crippen molar-refractivity contribution in [2.24, 2.45) is 5.16 Å². The third-order valence-electron chi connectivity index (χ3n) is 2.34. The highest BCUT2D eigenvalue weighted by molar-refractivity contribution is 6.01. The van der Waals surface area contributed by atoms with E-state index >= 15 is 0 Å². The lowest BCUT2D eigenvalue weighted by Crippen LogP contribution is -2.04. The average Bonchev–Trinajstić information content (AvgIpc) is 2.67. The van der Waals surface area contributed by atoms with Crippen LogP contribution in [0.2, 0.25) is 0 Å². The second kappa shape index (κ2) is 3.66. The van der Waals surface area contributed by atoms with Crippen LogP contribution in [-0.4, -0.2) is 11.8 Å². The Kier molecular flexibility index (Phi) is 2.35. The average molecular weight is 187 g/mol. The molecular weight excluding hydrogens is 174 g/mol. The van der Waals surface area contributed by atoms with Gasteiger partial charge in [0.25, 0.3) is 0 Å². The molecule has 2 nitrogen and oxygen atoms in total. The van der Waals surface area contributed by atoms with Crippen molar-refractivity contribution in [3.63, 3.8) is 0 Å². The Hall–Kier alpha value is -1.57. The smallest absolute Gasteiger partial charge is 0.151 e. The van der Waals surface area contributed by atoms with Crippen molar-refractivity contribution in [3.8, 4) is 0 Å². The molecule has 0 N–H and O–H groups in total. The Bertz CT molecular complexity index is 364. The van der Waals surface area contributed by atoms with Gasteiger partial charge in [-0.1, -0.05) is 41.6 Å². The molecule has 2 heteroatoms. The lowest BCUT2D eigenvalue weighted by atomic mass is 10.0. The fourth-order valence-electron chi connectivity index (χ4n) is 1.44. The van der Waals surface area contributed by atoms with Crippen LogP contribution in [0.3, 0.4) is 0 Å². The summed E-state index contributed by atoms with van der Waals surface area (Å²) in [6.07, 6.45) is 2.66. The Morgan fingerprint density at radius 3 is 2.71 bits per heavy atom. The van der Waals surface area contributed by atoms with Crippen molar-refractivity contribution in [1.82, 2.24) is 0 Å². The third kappa shape index (κ3) is 1.69. The highest BCUT2D eigenvalue weighted by atomic mass is 16.6. The van der Waals surface area contributed by atoms with Crippen molar-refractivity contribution in [2.75, 3.05) is 0 Å². The molecule has 2 rings (SSSR count). The summed E-state index contributed by atoms with van der Waals surface area (Å²) in [5.41, 5.74) is 3.41. The van der Waals surface area contributed by atoms with Gasteiger partial charge in [0.1, 0.15) is 0 Å². The number of aryl methyl sites for hydroxylation is 1. The van der Waals surface area contributed by atoms with E-state index in [1.807, 2.05) is 0 Å². The van der Waals surface area contributed by atoms with Gasteiger partial charge < -0.3 is 4.84 Å². The van der Waals surface area contributed by atoms with Crippen LogP contribution >= 0.6 is 0 Å². The quantitative estimate of drug-likeness (QED) is 0.652. The monoisotopic (exact) mass is 187 g/mol. The highest BCUT2D eigenvalue weighted by Crippen LogP contribution is 2.17. The topological polar surface area (TPSA) is 21.6 Å². The Morgan fingerprint density at radius 1 is 1.43 bits per heavy atom. The normalized spacial score (nSPS) is 20.1. The summed E-state index contributed by atoms with van der Waals surface area (Å²) in [6.45, 7) is 5.76. The maximum atomic E-state index is 5.17. The minimum absolute atomic E-state index is 0.0475. The minimum Gasteiger partial charge on any atom is -0.388 e. The van der Waals surface area contributed by atoms with Crippen LogP contribution in [0.25, 0.3) is 0 Å². The lowest BCUT2D eigenvalue weighted by Gasteiger charge is -2.00. The lowest BCUT2D eigenvalue weighted by molar-refractivity contribution is 0.120. The van der Waals surface area contributed by atoms with E-state index in [0.717, 1.165) is 17.7 Å². The molecular formula is C12H13NO. The standard InChI is InChI=1S/C12H13NO/c1-3-11-8-12(13-14-11)10-6-4-9(2)5-7-10/h3-7,11H,1,8H2,2H3/t11-/m0/s1. The van der Waals surface area contributed by atoms with E-state index in [9.17, 15) is 0 Å². The summed E-state index contributed by atoms with van der Waals surface area (Å²) in [4.78, 5) is 5.17. The van der Waals surface area contributed by atoms with E-state index in [1.165, 1.54) is 5.56 Å². The first-order valence-corrected chi connectivity index (χ1v) is 4.72. The van der Waals surface area contributed by atoms with Gasteiger partial charge in [0.2, 0.25) is 0 Å². The van der Waals surface area contributed by atoms with Crippen LogP contribution in [0, 0.1) is 6.92 Å². The minimum atomic E-state index is 0.0475. The molecule has 0 aliphatic carbocycles. The molecule has 0 radical (unpaired) electrons. The summed E-state index contributed by atoms with van der Waals surface area (Å²) >= 11 is 0. The van der Waals surface area contributed by atoms with Gasteiger partial charge >= 0.3 is 0 Å². The Morgan fingerprint density at radius 2 is 2.14 bits per heavy atom. The Labute approximate surface area is 83.9 Å². The van der Waals surface area contributed by atoms with E-state index in [-0.39, 0.29) is 6.10 Å². The Balaban J connectivity index is 2.17. The van der Waals surface area contributed by atoms with Crippen LogP contribution in [-0.2, 0) is 4.84 Å². The molecule has 1 aliphatic heterocycles. The number of oxime groups is 1. The predicted octanol–water partition coefficient (Wildman–Crippen LogP) is 2.67. The predicted molar refractivity (Wildman–Crippen MR) is 57.4 cm³/mol. The van der Waals surface area contributed by atoms with Gasteiger partial charge in [0, 0.05) is 6.42 Å². The summed E-state index contributed by atoms with van der Waals surface area (Å²) < 4.78 is 0. The summed E-state index contributed by atoms with van der Waals surface area (Å²) in [6, 6.07) is 8.31. The summed E-state index contributed by atoms with van der Waals surface area (Å²) in [7, 11) is 0. The third-order valence-corrected chi connectivity index (χ3v) is 2.34. The van der Waals surface area contributed by atoms with Crippen LogP contribution < -0.4 is 0 Å². The zero-order valence-electron chi connectivity index (χ0n) is 8.23. The van der Waals surface area contributed by atoms with Gasteiger partial charge in [-0.15, -0.1) is 0 Å². The molecule has 1 aromatic rings. The van der Waals surface area contributed by atoms with Crippen LogP contribution in [0.15, 0.2) is 42.1 Å². The van der Waals surface area contributed by atoms with Crippen LogP contribution in [0.1, 0.15) is 17.5 Å². The second-order valence-corrected chi connectivity index (χ2v) is 3.49. The molecule has 0 spiro atoms. The molecule has 14 heavy (non-hydrogen) atoms. The first kappa shape index (κ1) is 9.00. The van der Waals surface area contributed by atoms with Crippen molar-refractivity contribution in [3.05, 3.63) is 48.0 Å². The first-order chi connectivity index (χ1) is 6.79. The van der Waals surface area contributed by atoms with E-state index in [0.29, 0.717) is 0 Å². The largest absolute Gasteiger partial charge is 0.388 e. The molecule has 1 aliphatic rings. The van der Waals surface area contributed by atoms with Crippen molar-refractivity contribution < 1.29 is 4.84 Å². The SMILES string of the molecule is C=C[C@H]1CC(c2ccc(C)cc2)=NO1. The maximum Gasteiger partial charge on any atom is 0.151 e. The van der Waals surface area contributed by atoms with Gasteiger partial charge in [-0.25, -0.2) is 0 Å². The van der Waals surface area contributed by atoms with Crippen molar-refractivity contribution in [1.29, 1.82) is 0 Å². The fraction of sp³-hybridized carbons (Fsp3) is 0.250. The number of hydrogen-bond acceptors (Lipinski definition) is 2. The number of benzene rings is 1. The molecule has 0 saturated heterocycles.